The maximum atomic E-state index is 4.49. The zero-order valence-corrected chi connectivity index (χ0v) is 13.6. The molecular weight excluding hydrogens is 272 g/mol. The molecule has 1 aromatic carbocycles. The lowest BCUT2D eigenvalue weighted by atomic mass is 10.2. The van der Waals surface area contributed by atoms with Crippen molar-refractivity contribution in [3.8, 4) is 0 Å². The number of anilines is 1. The number of piperazine rings is 1. The van der Waals surface area contributed by atoms with Crippen LogP contribution in [0.5, 0.6) is 0 Å². The predicted octanol–water partition coefficient (Wildman–Crippen LogP) is 2.67. The first-order chi connectivity index (χ1) is 10.7. The van der Waals surface area contributed by atoms with E-state index in [4.69, 9.17) is 0 Å². The van der Waals surface area contributed by atoms with E-state index >= 15 is 0 Å². The van der Waals surface area contributed by atoms with Crippen LogP contribution in [0, 0.1) is 0 Å². The van der Waals surface area contributed by atoms with E-state index < -0.39 is 0 Å². The maximum Gasteiger partial charge on any atom is 0.0703 e. The number of hydrogen-bond acceptors (Lipinski definition) is 4. The van der Waals surface area contributed by atoms with Crippen LogP contribution in [0.3, 0.4) is 0 Å². The van der Waals surface area contributed by atoms with Gasteiger partial charge in [-0.2, -0.15) is 0 Å². The zero-order valence-electron chi connectivity index (χ0n) is 13.6. The van der Waals surface area contributed by atoms with Crippen molar-refractivity contribution >= 4 is 16.6 Å². The minimum Gasteiger partial charge on any atom is -0.382 e. The van der Waals surface area contributed by atoms with Gasteiger partial charge in [0.2, 0.25) is 0 Å². The van der Waals surface area contributed by atoms with Gasteiger partial charge in [0, 0.05) is 50.7 Å². The Labute approximate surface area is 133 Å². The van der Waals surface area contributed by atoms with E-state index in [0.29, 0.717) is 6.04 Å². The molecule has 0 spiro atoms. The van der Waals surface area contributed by atoms with Gasteiger partial charge in [0.25, 0.3) is 0 Å². The summed E-state index contributed by atoms with van der Waals surface area (Å²) in [5.41, 5.74) is 2.16. The molecule has 22 heavy (non-hydrogen) atoms. The van der Waals surface area contributed by atoms with Crippen molar-refractivity contribution in [1.82, 2.24) is 14.8 Å². The number of aromatic nitrogens is 1. The van der Waals surface area contributed by atoms with Gasteiger partial charge in [-0.05, 0) is 26.0 Å². The second-order valence-corrected chi connectivity index (χ2v) is 6.31. The van der Waals surface area contributed by atoms with Gasteiger partial charge in [-0.15, -0.1) is 0 Å². The molecule has 2 aromatic rings. The molecule has 0 saturated carbocycles. The fourth-order valence-corrected chi connectivity index (χ4v) is 3.03. The highest BCUT2D eigenvalue weighted by Crippen LogP contribution is 2.15. The average Bonchev–Trinajstić information content (AvgIpc) is 2.55. The van der Waals surface area contributed by atoms with Crippen LogP contribution in [0.2, 0.25) is 0 Å². The van der Waals surface area contributed by atoms with Gasteiger partial charge in [0.1, 0.15) is 0 Å². The third-order valence-corrected chi connectivity index (χ3v) is 4.48. The van der Waals surface area contributed by atoms with Crippen molar-refractivity contribution in [3.63, 3.8) is 0 Å². The SMILES string of the molecule is CC(C)N1CCN(CCNc2cnc3ccccc3c2)CC1. The van der Waals surface area contributed by atoms with E-state index in [1.807, 2.05) is 18.3 Å². The molecule has 1 N–H and O–H groups in total. The van der Waals surface area contributed by atoms with Crippen molar-refractivity contribution < 1.29 is 0 Å². The molecule has 1 aliphatic heterocycles. The van der Waals surface area contributed by atoms with Crippen LogP contribution >= 0.6 is 0 Å². The Balaban J connectivity index is 1.46. The normalized spacial score (nSPS) is 17.2. The molecule has 2 heterocycles. The Morgan fingerprint density at radius 1 is 1.14 bits per heavy atom. The highest BCUT2D eigenvalue weighted by molar-refractivity contribution is 5.81. The van der Waals surface area contributed by atoms with Crippen molar-refractivity contribution in [2.24, 2.45) is 0 Å². The molecule has 1 aliphatic rings. The molecule has 3 rings (SSSR count). The minimum absolute atomic E-state index is 0.670. The first-order valence-corrected chi connectivity index (χ1v) is 8.27. The lowest BCUT2D eigenvalue weighted by molar-refractivity contribution is 0.111. The summed E-state index contributed by atoms with van der Waals surface area (Å²) in [5, 5.41) is 4.69. The molecule has 0 aliphatic carbocycles. The number of rotatable bonds is 5. The molecule has 0 amide bonds. The van der Waals surface area contributed by atoms with Gasteiger partial charge < -0.3 is 5.32 Å². The molecule has 0 atom stereocenters. The largest absolute Gasteiger partial charge is 0.382 e. The molecular formula is C18H26N4. The fourth-order valence-electron chi connectivity index (χ4n) is 3.03. The quantitative estimate of drug-likeness (QED) is 0.919. The molecule has 1 aromatic heterocycles. The Morgan fingerprint density at radius 3 is 2.68 bits per heavy atom. The second-order valence-electron chi connectivity index (χ2n) is 6.31. The van der Waals surface area contributed by atoms with E-state index in [-0.39, 0.29) is 0 Å². The van der Waals surface area contributed by atoms with E-state index in [1.54, 1.807) is 0 Å². The van der Waals surface area contributed by atoms with Crippen molar-refractivity contribution in [2.45, 2.75) is 19.9 Å². The monoisotopic (exact) mass is 298 g/mol. The third-order valence-electron chi connectivity index (χ3n) is 4.48. The summed E-state index contributed by atoms with van der Waals surface area (Å²) in [7, 11) is 0. The number of nitrogens with one attached hydrogen (secondary N) is 1. The lowest BCUT2D eigenvalue weighted by Crippen LogP contribution is -2.49. The number of benzene rings is 1. The van der Waals surface area contributed by atoms with Gasteiger partial charge >= 0.3 is 0 Å². The van der Waals surface area contributed by atoms with Gasteiger partial charge in [0.15, 0.2) is 0 Å². The van der Waals surface area contributed by atoms with E-state index in [1.165, 1.54) is 31.6 Å². The molecule has 4 heteroatoms. The standard InChI is InChI=1S/C18H26N4/c1-15(2)22-11-9-21(10-12-22)8-7-19-17-13-16-5-3-4-6-18(16)20-14-17/h3-6,13-15,19H,7-12H2,1-2H3. The number of nitrogens with zero attached hydrogens (tertiary/aromatic N) is 3. The minimum atomic E-state index is 0.670. The first-order valence-electron chi connectivity index (χ1n) is 8.27. The van der Waals surface area contributed by atoms with Crippen LogP contribution in [0.1, 0.15) is 13.8 Å². The van der Waals surface area contributed by atoms with Crippen LogP contribution < -0.4 is 5.32 Å². The Kier molecular flexibility index (Phi) is 4.90. The predicted molar refractivity (Wildman–Crippen MR) is 93.4 cm³/mol. The van der Waals surface area contributed by atoms with Crippen molar-refractivity contribution in [1.29, 1.82) is 0 Å². The summed E-state index contributed by atoms with van der Waals surface area (Å²) in [6, 6.07) is 11.1. The van der Waals surface area contributed by atoms with Gasteiger partial charge in [-0.25, -0.2) is 0 Å². The van der Waals surface area contributed by atoms with Crippen LogP contribution in [-0.2, 0) is 0 Å². The van der Waals surface area contributed by atoms with E-state index in [0.717, 1.165) is 24.3 Å². The van der Waals surface area contributed by atoms with Gasteiger partial charge in [-0.1, -0.05) is 18.2 Å². The average molecular weight is 298 g/mol. The molecule has 118 valence electrons. The smallest absolute Gasteiger partial charge is 0.0703 e. The summed E-state index contributed by atoms with van der Waals surface area (Å²) in [6.45, 7) is 11.4. The molecule has 0 unspecified atom stereocenters. The van der Waals surface area contributed by atoms with E-state index in [2.05, 4.69) is 52.1 Å². The van der Waals surface area contributed by atoms with Crippen molar-refractivity contribution in [3.05, 3.63) is 36.5 Å². The molecule has 4 nitrogen and oxygen atoms in total. The molecule has 1 saturated heterocycles. The van der Waals surface area contributed by atoms with Crippen LogP contribution in [-0.4, -0.2) is 60.1 Å². The zero-order chi connectivity index (χ0) is 15.4. The number of hydrogen-bond donors (Lipinski definition) is 1. The number of fused-ring (bicyclic) bond motifs is 1. The van der Waals surface area contributed by atoms with Gasteiger partial charge in [-0.3, -0.25) is 14.8 Å². The van der Waals surface area contributed by atoms with Crippen LogP contribution in [0.4, 0.5) is 5.69 Å². The third kappa shape index (κ3) is 3.76. The van der Waals surface area contributed by atoms with E-state index in [9.17, 15) is 0 Å². The van der Waals surface area contributed by atoms with Crippen LogP contribution in [0.25, 0.3) is 10.9 Å². The highest BCUT2D eigenvalue weighted by atomic mass is 15.3. The first kappa shape index (κ1) is 15.3. The Hall–Kier alpha value is -1.65. The molecule has 1 fully saturated rings. The highest BCUT2D eigenvalue weighted by Gasteiger charge is 2.17. The van der Waals surface area contributed by atoms with Crippen LogP contribution in [0.15, 0.2) is 36.5 Å². The molecule has 0 bridgehead atoms. The lowest BCUT2D eigenvalue weighted by Gasteiger charge is -2.36. The van der Waals surface area contributed by atoms with Crippen molar-refractivity contribution in [2.75, 3.05) is 44.6 Å². The Bertz CT molecular complexity index is 603. The summed E-state index contributed by atoms with van der Waals surface area (Å²) < 4.78 is 0. The summed E-state index contributed by atoms with van der Waals surface area (Å²) >= 11 is 0. The molecule has 0 radical (unpaired) electrons. The number of para-hydroxylation sites is 1. The summed E-state index contributed by atoms with van der Waals surface area (Å²) in [5.74, 6) is 0. The second kappa shape index (κ2) is 7.07. The fraction of sp³-hybridized carbons (Fsp3) is 0.500. The Morgan fingerprint density at radius 2 is 1.91 bits per heavy atom. The summed E-state index contributed by atoms with van der Waals surface area (Å²) in [4.78, 5) is 9.59. The van der Waals surface area contributed by atoms with Gasteiger partial charge in [0.05, 0.1) is 17.4 Å². The maximum absolute atomic E-state index is 4.49. The topological polar surface area (TPSA) is 31.4 Å². The number of pyridine rings is 1. The summed E-state index contributed by atoms with van der Waals surface area (Å²) in [6.07, 6.45) is 1.93.